The first-order valence-electron chi connectivity index (χ1n) is 6.98. The van der Waals surface area contributed by atoms with Gasteiger partial charge in [-0.1, -0.05) is 32.8 Å². The van der Waals surface area contributed by atoms with Crippen molar-refractivity contribution in [3.8, 4) is 5.88 Å². The van der Waals surface area contributed by atoms with Crippen molar-refractivity contribution in [2.24, 2.45) is 5.41 Å². The van der Waals surface area contributed by atoms with E-state index in [1.165, 1.54) is 25.7 Å². The summed E-state index contributed by atoms with van der Waals surface area (Å²) < 4.78 is 5.44. The molecule has 3 heteroatoms. The van der Waals surface area contributed by atoms with Crippen LogP contribution in [0.3, 0.4) is 0 Å². The molecule has 1 unspecified atom stereocenters. The predicted octanol–water partition coefficient (Wildman–Crippen LogP) is 3.86. The second kappa shape index (κ2) is 5.59. The summed E-state index contributed by atoms with van der Waals surface area (Å²) in [6.45, 7) is 7.32. The zero-order chi connectivity index (χ0) is 13.0. The topological polar surface area (TPSA) is 34.1 Å². The number of nitrogens with one attached hydrogen (secondary N) is 1. The maximum Gasteiger partial charge on any atom is 0.215 e. The lowest BCUT2D eigenvalue weighted by molar-refractivity contribution is 0.216. The van der Waals surface area contributed by atoms with Crippen LogP contribution in [0, 0.1) is 5.41 Å². The Morgan fingerprint density at radius 3 is 2.94 bits per heavy atom. The van der Waals surface area contributed by atoms with Gasteiger partial charge < -0.3 is 10.1 Å². The fourth-order valence-electron chi connectivity index (χ4n) is 2.66. The van der Waals surface area contributed by atoms with Crippen LogP contribution in [0.15, 0.2) is 18.2 Å². The van der Waals surface area contributed by atoms with Crippen molar-refractivity contribution in [2.75, 3.05) is 11.9 Å². The van der Waals surface area contributed by atoms with E-state index in [2.05, 4.69) is 24.1 Å². The van der Waals surface area contributed by atoms with Crippen LogP contribution in [0.1, 0.15) is 46.5 Å². The first-order valence-corrected chi connectivity index (χ1v) is 6.98. The summed E-state index contributed by atoms with van der Waals surface area (Å²) in [6.07, 6.45) is 5.17. The molecule has 1 aliphatic carbocycles. The van der Waals surface area contributed by atoms with Crippen LogP contribution in [-0.2, 0) is 0 Å². The quantitative estimate of drug-likeness (QED) is 0.878. The van der Waals surface area contributed by atoms with E-state index < -0.39 is 0 Å². The second-order valence-corrected chi connectivity index (χ2v) is 5.73. The van der Waals surface area contributed by atoms with Crippen molar-refractivity contribution in [1.82, 2.24) is 4.98 Å². The number of hydrogen-bond acceptors (Lipinski definition) is 3. The molecule has 1 aromatic heterocycles. The molecule has 1 heterocycles. The Hall–Kier alpha value is -1.25. The molecule has 0 saturated heterocycles. The molecule has 0 amide bonds. The Morgan fingerprint density at radius 2 is 2.22 bits per heavy atom. The highest BCUT2D eigenvalue weighted by Crippen LogP contribution is 2.37. The van der Waals surface area contributed by atoms with Crippen LogP contribution >= 0.6 is 0 Å². The number of rotatable bonds is 4. The van der Waals surface area contributed by atoms with Crippen LogP contribution in [0.2, 0.25) is 0 Å². The second-order valence-electron chi connectivity index (χ2n) is 5.73. The molecule has 0 aliphatic heterocycles. The molecule has 0 bridgehead atoms. The van der Waals surface area contributed by atoms with Gasteiger partial charge in [-0.15, -0.1) is 0 Å². The van der Waals surface area contributed by atoms with Gasteiger partial charge in [-0.2, -0.15) is 4.98 Å². The minimum atomic E-state index is 0.349. The van der Waals surface area contributed by atoms with Crippen molar-refractivity contribution in [2.45, 2.75) is 52.5 Å². The van der Waals surface area contributed by atoms with E-state index in [1.807, 2.05) is 25.1 Å². The first-order chi connectivity index (χ1) is 8.62. The van der Waals surface area contributed by atoms with Crippen LogP contribution in [-0.4, -0.2) is 17.6 Å². The number of nitrogens with zero attached hydrogens (tertiary/aromatic N) is 1. The Kier molecular flexibility index (Phi) is 4.10. The lowest BCUT2D eigenvalue weighted by Crippen LogP contribution is -2.39. The van der Waals surface area contributed by atoms with Gasteiger partial charge in [-0.05, 0) is 31.2 Å². The van der Waals surface area contributed by atoms with E-state index in [1.54, 1.807) is 0 Å². The van der Waals surface area contributed by atoms with E-state index in [9.17, 15) is 0 Å². The molecule has 1 fully saturated rings. The number of anilines is 1. The van der Waals surface area contributed by atoms with Crippen molar-refractivity contribution in [3.05, 3.63) is 18.2 Å². The minimum absolute atomic E-state index is 0.349. The molecule has 0 radical (unpaired) electrons. The van der Waals surface area contributed by atoms with E-state index in [4.69, 9.17) is 4.74 Å². The molecule has 0 aromatic carbocycles. The third-order valence-electron chi connectivity index (χ3n) is 3.85. The fourth-order valence-corrected chi connectivity index (χ4v) is 2.66. The highest BCUT2D eigenvalue weighted by molar-refractivity contribution is 5.38. The Labute approximate surface area is 110 Å². The molecular formula is C15H24N2O. The molecule has 1 aromatic rings. The summed E-state index contributed by atoms with van der Waals surface area (Å²) >= 11 is 0. The molecule has 1 saturated carbocycles. The maximum atomic E-state index is 5.44. The SMILES string of the molecule is CCOc1cccc(NC2CCCCC2(C)C)n1. The van der Waals surface area contributed by atoms with Gasteiger partial charge in [0.2, 0.25) is 5.88 Å². The van der Waals surface area contributed by atoms with Crippen LogP contribution in [0.5, 0.6) is 5.88 Å². The zero-order valence-electron chi connectivity index (χ0n) is 11.7. The lowest BCUT2D eigenvalue weighted by atomic mass is 9.73. The number of hydrogen-bond donors (Lipinski definition) is 1. The van der Waals surface area contributed by atoms with Gasteiger partial charge in [0.05, 0.1) is 6.61 Å². The van der Waals surface area contributed by atoms with Crippen LogP contribution in [0.25, 0.3) is 0 Å². The highest BCUT2D eigenvalue weighted by atomic mass is 16.5. The average molecular weight is 248 g/mol. The van der Waals surface area contributed by atoms with Crippen LogP contribution < -0.4 is 10.1 Å². The summed E-state index contributed by atoms with van der Waals surface area (Å²) in [7, 11) is 0. The smallest absolute Gasteiger partial charge is 0.215 e. The van der Waals surface area contributed by atoms with Gasteiger partial charge >= 0.3 is 0 Å². The fraction of sp³-hybridized carbons (Fsp3) is 0.667. The van der Waals surface area contributed by atoms with Gasteiger partial charge in [-0.3, -0.25) is 0 Å². The van der Waals surface area contributed by atoms with Crippen molar-refractivity contribution in [3.63, 3.8) is 0 Å². The summed E-state index contributed by atoms with van der Waals surface area (Å²) in [5.41, 5.74) is 0.349. The van der Waals surface area contributed by atoms with E-state index in [-0.39, 0.29) is 0 Å². The van der Waals surface area contributed by atoms with Gasteiger partial charge in [0.25, 0.3) is 0 Å². The molecule has 1 N–H and O–H groups in total. The molecule has 18 heavy (non-hydrogen) atoms. The highest BCUT2D eigenvalue weighted by Gasteiger charge is 2.32. The number of pyridine rings is 1. The van der Waals surface area contributed by atoms with E-state index >= 15 is 0 Å². The van der Waals surface area contributed by atoms with Gasteiger partial charge in [0.15, 0.2) is 0 Å². The summed E-state index contributed by atoms with van der Waals surface area (Å²) in [4.78, 5) is 4.49. The predicted molar refractivity (Wildman–Crippen MR) is 75.1 cm³/mol. The molecule has 2 rings (SSSR count). The van der Waals surface area contributed by atoms with Crippen molar-refractivity contribution < 1.29 is 4.74 Å². The average Bonchev–Trinajstić information content (AvgIpc) is 2.33. The van der Waals surface area contributed by atoms with Gasteiger partial charge in [0.1, 0.15) is 5.82 Å². The largest absolute Gasteiger partial charge is 0.478 e. The minimum Gasteiger partial charge on any atom is -0.478 e. The third-order valence-corrected chi connectivity index (χ3v) is 3.85. The standard InChI is InChI=1S/C15H24N2O/c1-4-18-14-10-7-9-13(17-14)16-12-8-5-6-11-15(12,2)3/h7,9-10,12H,4-6,8,11H2,1-3H3,(H,16,17). The molecule has 0 spiro atoms. The van der Waals surface area contributed by atoms with E-state index in [0.717, 1.165) is 5.82 Å². The molecular weight excluding hydrogens is 224 g/mol. The van der Waals surface area contributed by atoms with Crippen molar-refractivity contribution >= 4 is 5.82 Å². The lowest BCUT2D eigenvalue weighted by Gasteiger charge is -2.39. The monoisotopic (exact) mass is 248 g/mol. The zero-order valence-corrected chi connectivity index (χ0v) is 11.7. The first kappa shape index (κ1) is 13.2. The van der Waals surface area contributed by atoms with Crippen LogP contribution in [0.4, 0.5) is 5.82 Å². The number of ether oxygens (including phenoxy) is 1. The van der Waals surface area contributed by atoms with Gasteiger partial charge in [-0.25, -0.2) is 0 Å². The molecule has 100 valence electrons. The Bertz CT molecular complexity index is 390. The normalized spacial score (nSPS) is 22.5. The summed E-state index contributed by atoms with van der Waals surface area (Å²) in [5.74, 6) is 1.64. The van der Waals surface area contributed by atoms with Crippen molar-refractivity contribution in [1.29, 1.82) is 0 Å². The molecule has 1 atom stereocenters. The van der Waals surface area contributed by atoms with E-state index in [0.29, 0.717) is 23.9 Å². The number of aromatic nitrogens is 1. The Balaban J connectivity index is 2.06. The Morgan fingerprint density at radius 1 is 1.39 bits per heavy atom. The molecule has 3 nitrogen and oxygen atoms in total. The molecule has 1 aliphatic rings. The summed E-state index contributed by atoms with van der Waals surface area (Å²) in [6, 6.07) is 6.43. The third kappa shape index (κ3) is 3.15. The maximum absolute atomic E-state index is 5.44. The summed E-state index contributed by atoms with van der Waals surface area (Å²) in [5, 5.41) is 3.58. The van der Waals surface area contributed by atoms with Gasteiger partial charge in [0, 0.05) is 12.1 Å².